The molecule has 0 saturated heterocycles. The lowest BCUT2D eigenvalue weighted by molar-refractivity contribution is -0.161. The number of hydrogen-bond acceptors (Lipinski definition) is 15. The molecule has 0 spiro atoms. The van der Waals surface area contributed by atoms with Crippen molar-refractivity contribution >= 4 is 39.5 Å². The summed E-state index contributed by atoms with van der Waals surface area (Å²) in [6.45, 7) is 9.50. The average Bonchev–Trinajstić information content (AvgIpc) is 1.30. The summed E-state index contributed by atoms with van der Waals surface area (Å²) in [7, 11) is -9.90. The number of esters is 4. The van der Waals surface area contributed by atoms with Gasteiger partial charge >= 0.3 is 39.5 Å². The van der Waals surface area contributed by atoms with E-state index < -0.39 is 97.5 Å². The topological polar surface area (TPSA) is 237 Å². The SMILES string of the molecule is CCCCCCCCCCCCCCCCCCCCC(=O)OC[C@H](COP(=O)(O)OC[C@@H](O)COP(=O)(O)OC[C@@H](COC(=O)CCCCCCC)OC(=O)CCCCCCCCCC(C)C)OC(=O)CCCCCCCCCCCCCCCCCCCCC(C)CC. The summed E-state index contributed by atoms with van der Waals surface area (Å²) < 4.78 is 68.2. The second-order valence-corrected chi connectivity index (χ2v) is 31.0. The summed E-state index contributed by atoms with van der Waals surface area (Å²) >= 11 is 0. The van der Waals surface area contributed by atoms with Crippen LogP contribution in [0, 0.1) is 11.8 Å². The predicted molar refractivity (Wildman–Crippen MR) is 386 cm³/mol. The Labute approximate surface area is 581 Å². The van der Waals surface area contributed by atoms with Gasteiger partial charge < -0.3 is 33.8 Å². The molecule has 0 aliphatic heterocycles. The van der Waals surface area contributed by atoms with Crippen LogP contribution in [0.5, 0.6) is 0 Å². The third kappa shape index (κ3) is 69.0. The largest absolute Gasteiger partial charge is 0.472 e. The van der Waals surface area contributed by atoms with Crippen molar-refractivity contribution in [3.05, 3.63) is 0 Å². The first kappa shape index (κ1) is 93.1. The van der Waals surface area contributed by atoms with E-state index in [9.17, 15) is 43.2 Å². The van der Waals surface area contributed by atoms with E-state index in [0.29, 0.717) is 31.6 Å². The molecule has 0 saturated carbocycles. The highest BCUT2D eigenvalue weighted by Gasteiger charge is 2.30. The number of carbonyl (C=O) groups is 4. The van der Waals surface area contributed by atoms with E-state index >= 15 is 0 Å². The molecule has 0 fully saturated rings. The second kappa shape index (κ2) is 67.9. The molecule has 0 radical (unpaired) electrons. The quantitative estimate of drug-likeness (QED) is 0.0222. The van der Waals surface area contributed by atoms with Gasteiger partial charge in [0.15, 0.2) is 12.2 Å². The van der Waals surface area contributed by atoms with Crippen molar-refractivity contribution in [2.75, 3.05) is 39.6 Å². The van der Waals surface area contributed by atoms with Gasteiger partial charge in [-0.1, -0.05) is 343 Å². The van der Waals surface area contributed by atoms with Crippen molar-refractivity contribution < 1.29 is 80.2 Å². The number of unbranched alkanes of at least 4 members (excludes halogenated alkanes) is 44. The Balaban J connectivity index is 5.10. The zero-order chi connectivity index (χ0) is 70.0. The monoisotopic (exact) mass is 1400 g/mol. The van der Waals surface area contributed by atoms with E-state index in [1.165, 1.54) is 205 Å². The van der Waals surface area contributed by atoms with E-state index in [0.717, 1.165) is 102 Å². The highest BCUT2D eigenvalue weighted by atomic mass is 31.2. The molecule has 0 aliphatic rings. The molecule has 0 bridgehead atoms. The first-order valence-corrected chi connectivity index (χ1v) is 42.5. The van der Waals surface area contributed by atoms with Crippen LogP contribution in [0.25, 0.3) is 0 Å². The van der Waals surface area contributed by atoms with Crippen molar-refractivity contribution in [3.8, 4) is 0 Å². The molecule has 0 aromatic heterocycles. The van der Waals surface area contributed by atoms with Crippen molar-refractivity contribution in [2.24, 2.45) is 11.8 Å². The maximum atomic E-state index is 13.1. The molecule has 19 heteroatoms. The van der Waals surface area contributed by atoms with Crippen molar-refractivity contribution in [1.82, 2.24) is 0 Å². The van der Waals surface area contributed by atoms with Gasteiger partial charge in [-0.25, -0.2) is 9.13 Å². The number of phosphoric ester groups is 2. The number of carbonyl (C=O) groups excluding carboxylic acids is 4. The molecule has 0 heterocycles. The van der Waals surface area contributed by atoms with Crippen LogP contribution in [0.1, 0.15) is 395 Å². The van der Waals surface area contributed by atoms with E-state index in [1.807, 2.05) is 0 Å². The molecule has 0 amide bonds. The molecule has 3 unspecified atom stereocenters. The number of hydrogen-bond donors (Lipinski definition) is 3. The lowest BCUT2D eigenvalue weighted by atomic mass is 9.99. The summed E-state index contributed by atoms with van der Waals surface area (Å²) in [6.07, 6.45) is 56.2. The van der Waals surface area contributed by atoms with Crippen LogP contribution in [0.3, 0.4) is 0 Å². The Morgan fingerprint density at radius 2 is 0.537 bits per heavy atom. The van der Waals surface area contributed by atoms with E-state index in [1.54, 1.807) is 0 Å². The van der Waals surface area contributed by atoms with Gasteiger partial charge in [0.25, 0.3) is 0 Å². The molecule has 95 heavy (non-hydrogen) atoms. The van der Waals surface area contributed by atoms with Gasteiger partial charge in [-0.2, -0.15) is 0 Å². The van der Waals surface area contributed by atoms with Crippen LogP contribution in [0.2, 0.25) is 0 Å². The molecular formula is C76H148O17P2. The zero-order valence-corrected chi connectivity index (χ0v) is 63.8. The molecule has 0 rings (SSSR count). The average molecular weight is 1400 g/mol. The zero-order valence-electron chi connectivity index (χ0n) is 62.0. The van der Waals surface area contributed by atoms with Crippen molar-refractivity contribution in [2.45, 2.75) is 413 Å². The molecule has 6 atom stereocenters. The number of ether oxygens (including phenoxy) is 4. The van der Waals surface area contributed by atoms with Crippen LogP contribution in [-0.4, -0.2) is 96.7 Å². The minimum absolute atomic E-state index is 0.103. The number of phosphoric acid groups is 2. The standard InChI is InChI=1S/C76H148O17P2/c1-7-10-12-14-15-16-17-18-19-20-24-27-30-33-36-41-47-53-59-74(79)87-65-72(93-75(80)60-54-48-42-37-34-31-28-25-22-21-23-26-29-32-35-40-46-51-57-69(6)9-3)67-91-95(84,85)89-63-70(77)62-88-94(82,83)90-66-71(64-86-73(78)58-52-44-13-11-8-2)92-76(81)61-55-49-43-38-39-45-50-56-68(4)5/h68-72,77H,7-67H2,1-6H3,(H,82,83)(H,84,85)/t69?,70-,71+,72+/m0/s1. The van der Waals surface area contributed by atoms with Crippen LogP contribution in [0.4, 0.5) is 0 Å². The molecule has 3 N–H and O–H groups in total. The van der Waals surface area contributed by atoms with Gasteiger partial charge in [-0.05, 0) is 37.5 Å². The van der Waals surface area contributed by atoms with E-state index in [2.05, 4.69) is 41.5 Å². The van der Waals surface area contributed by atoms with Crippen molar-refractivity contribution in [1.29, 1.82) is 0 Å². The fraction of sp³-hybridized carbons (Fsp3) is 0.947. The van der Waals surface area contributed by atoms with Gasteiger partial charge in [-0.3, -0.25) is 37.3 Å². The van der Waals surface area contributed by atoms with Gasteiger partial charge in [0.2, 0.25) is 0 Å². The van der Waals surface area contributed by atoms with Crippen LogP contribution in [0.15, 0.2) is 0 Å². The van der Waals surface area contributed by atoms with E-state index in [4.69, 9.17) is 37.0 Å². The van der Waals surface area contributed by atoms with Gasteiger partial charge in [0.05, 0.1) is 26.4 Å². The Bertz CT molecular complexity index is 1840. The Hall–Kier alpha value is -1.94. The highest BCUT2D eigenvalue weighted by Crippen LogP contribution is 2.45. The van der Waals surface area contributed by atoms with Crippen LogP contribution >= 0.6 is 15.6 Å². The third-order valence-electron chi connectivity index (χ3n) is 18.1. The fourth-order valence-electron chi connectivity index (χ4n) is 11.6. The number of rotatable bonds is 75. The van der Waals surface area contributed by atoms with Gasteiger partial charge in [0.1, 0.15) is 19.3 Å². The summed E-state index contributed by atoms with van der Waals surface area (Å²) in [5.41, 5.74) is 0. The lowest BCUT2D eigenvalue weighted by Gasteiger charge is -2.21. The Morgan fingerprint density at radius 3 is 0.800 bits per heavy atom. The maximum Gasteiger partial charge on any atom is 0.472 e. The predicted octanol–water partition coefficient (Wildman–Crippen LogP) is 22.3. The normalized spacial score (nSPS) is 14.3. The Kier molecular flexibility index (Phi) is 66.5. The Morgan fingerprint density at radius 1 is 0.305 bits per heavy atom. The van der Waals surface area contributed by atoms with Crippen LogP contribution < -0.4 is 0 Å². The second-order valence-electron chi connectivity index (χ2n) is 28.1. The summed E-state index contributed by atoms with van der Waals surface area (Å²) in [4.78, 5) is 72.4. The van der Waals surface area contributed by atoms with Crippen molar-refractivity contribution in [3.63, 3.8) is 0 Å². The summed E-state index contributed by atoms with van der Waals surface area (Å²) in [5.74, 6) is -0.564. The minimum Gasteiger partial charge on any atom is -0.462 e. The molecule has 17 nitrogen and oxygen atoms in total. The minimum atomic E-state index is -4.96. The fourth-order valence-corrected chi connectivity index (χ4v) is 13.2. The van der Waals surface area contributed by atoms with Crippen LogP contribution in [-0.2, 0) is 65.4 Å². The molecule has 0 aliphatic carbocycles. The third-order valence-corrected chi connectivity index (χ3v) is 20.0. The van der Waals surface area contributed by atoms with Gasteiger partial charge in [0, 0.05) is 25.7 Å². The summed E-state index contributed by atoms with van der Waals surface area (Å²) in [6, 6.07) is 0. The summed E-state index contributed by atoms with van der Waals surface area (Å²) in [5, 5.41) is 10.6. The number of aliphatic hydroxyl groups excluding tert-OH is 1. The highest BCUT2D eigenvalue weighted by molar-refractivity contribution is 7.47. The van der Waals surface area contributed by atoms with Gasteiger partial charge in [-0.15, -0.1) is 0 Å². The maximum absolute atomic E-state index is 13.1. The first-order chi connectivity index (χ1) is 45.9. The first-order valence-electron chi connectivity index (χ1n) is 39.5. The smallest absolute Gasteiger partial charge is 0.462 e. The lowest BCUT2D eigenvalue weighted by Crippen LogP contribution is -2.30. The van der Waals surface area contributed by atoms with E-state index in [-0.39, 0.29) is 25.7 Å². The molecule has 564 valence electrons. The number of aliphatic hydroxyl groups is 1. The molecular weight excluding hydrogens is 1250 g/mol. The molecule has 0 aromatic rings. The molecule has 0 aromatic carbocycles.